The van der Waals surface area contributed by atoms with E-state index in [0.29, 0.717) is 5.25 Å². The maximum atomic E-state index is 10.9. The molecule has 72 valence electrons. The lowest BCUT2D eigenvalue weighted by Crippen LogP contribution is -2.37. The Morgan fingerprint density at radius 2 is 1.75 bits per heavy atom. The van der Waals surface area contributed by atoms with Crippen LogP contribution in [0.4, 0.5) is 0 Å². The molecule has 1 aliphatic carbocycles. The molecule has 0 aromatic carbocycles. The zero-order valence-electron chi connectivity index (χ0n) is 7.16. The van der Waals surface area contributed by atoms with Crippen molar-refractivity contribution in [2.45, 2.75) is 37.0 Å². The third-order valence-electron chi connectivity index (χ3n) is 2.08. The summed E-state index contributed by atoms with van der Waals surface area (Å²) in [5.74, 6) is 0. The second kappa shape index (κ2) is 3.98. The fourth-order valence-electron chi connectivity index (χ4n) is 1.50. The van der Waals surface area contributed by atoms with Crippen LogP contribution in [0.2, 0.25) is 0 Å². The first kappa shape index (κ1) is 10.3. The fourth-order valence-corrected chi connectivity index (χ4v) is 2.64. The van der Waals surface area contributed by atoms with Gasteiger partial charge in [-0.1, -0.05) is 0 Å². The lowest BCUT2D eigenvalue weighted by atomic mass is 9.96. The molecule has 0 spiro atoms. The van der Waals surface area contributed by atoms with Gasteiger partial charge in [-0.25, -0.2) is 13.1 Å². The number of thiol groups is 1. The lowest BCUT2D eigenvalue weighted by molar-refractivity contribution is 0.422. The quantitative estimate of drug-likeness (QED) is 0.660. The molecule has 5 heteroatoms. The zero-order valence-corrected chi connectivity index (χ0v) is 8.87. The van der Waals surface area contributed by atoms with Gasteiger partial charge in [0.15, 0.2) is 0 Å². The van der Waals surface area contributed by atoms with Gasteiger partial charge in [0.1, 0.15) is 0 Å². The predicted octanol–water partition coefficient (Wildman–Crippen LogP) is 0.777. The van der Waals surface area contributed by atoms with E-state index in [4.69, 9.17) is 0 Å². The Hall–Kier alpha value is 0.260. The minimum absolute atomic E-state index is 0.142. The van der Waals surface area contributed by atoms with E-state index >= 15 is 0 Å². The van der Waals surface area contributed by atoms with Crippen LogP contribution in [0, 0.1) is 0 Å². The van der Waals surface area contributed by atoms with Gasteiger partial charge in [-0.3, -0.25) is 0 Å². The minimum atomic E-state index is -3.02. The molecule has 1 saturated carbocycles. The summed E-state index contributed by atoms with van der Waals surface area (Å²) in [7, 11) is -3.02. The fraction of sp³-hybridized carbons (Fsp3) is 1.00. The van der Waals surface area contributed by atoms with Crippen molar-refractivity contribution in [2.75, 3.05) is 6.26 Å². The van der Waals surface area contributed by atoms with Crippen LogP contribution in [0.25, 0.3) is 0 Å². The molecule has 0 saturated heterocycles. The molecule has 0 radical (unpaired) electrons. The van der Waals surface area contributed by atoms with E-state index in [9.17, 15) is 8.42 Å². The summed E-state index contributed by atoms with van der Waals surface area (Å²) in [6.45, 7) is 0. The monoisotopic (exact) mass is 209 g/mol. The summed E-state index contributed by atoms with van der Waals surface area (Å²) in [6, 6.07) is 0.142. The third-order valence-corrected chi connectivity index (χ3v) is 3.36. The van der Waals surface area contributed by atoms with Gasteiger partial charge in [0.2, 0.25) is 10.0 Å². The van der Waals surface area contributed by atoms with Gasteiger partial charge in [0.25, 0.3) is 0 Å². The summed E-state index contributed by atoms with van der Waals surface area (Å²) in [4.78, 5) is 0. The van der Waals surface area contributed by atoms with Crippen LogP contribution < -0.4 is 4.72 Å². The molecule has 1 rings (SSSR count). The number of rotatable bonds is 2. The average Bonchev–Trinajstić information content (AvgIpc) is 1.91. The Morgan fingerprint density at radius 3 is 2.17 bits per heavy atom. The van der Waals surface area contributed by atoms with E-state index in [1.54, 1.807) is 0 Å². The van der Waals surface area contributed by atoms with Gasteiger partial charge in [-0.15, -0.1) is 0 Å². The molecule has 3 nitrogen and oxygen atoms in total. The van der Waals surface area contributed by atoms with Crippen LogP contribution in [-0.2, 0) is 10.0 Å². The van der Waals surface area contributed by atoms with Gasteiger partial charge in [-0.05, 0) is 25.7 Å². The van der Waals surface area contributed by atoms with Crippen molar-refractivity contribution < 1.29 is 8.42 Å². The highest BCUT2D eigenvalue weighted by Crippen LogP contribution is 2.22. The van der Waals surface area contributed by atoms with Crippen molar-refractivity contribution in [1.29, 1.82) is 0 Å². The van der Waals surface area contributed by atoms with Crippen LogP contribution in [0.3, 0.4) is 0 Å². The SMILES string of the molecule is CS(=O)(=O)NC1CCC(S)CC1. The lowest BCUT2D eigenvalue weighted by Gasteiger charge is -2.25. The Kier molecular flexibility index (Phi) is 3.43. The Balaban J connectivity index is 2.36. The van der Waals surface area contributed by atoms with Crippen molar-refractivity contribution in [1.82, 2.24) is 4.72 Å². The molecule has 0 amide bonds. The van der Waals surface area contributed by atoms with Crippen LogP contribution in [0.1, 0.15) is 25.7 Å². The Labute approximate surface area is 79.4 Å². The van der Waals surface area contributed by atoms with Gasteiger partial charge in [-0.2, -0.15) is 12.6 Å². The standard InChI is InChI=1S/C7H15NO2S2/c1-12(9,10)8-6-2-4-7(11)5-3-6/h6-8,11H,2-5H2,1H3. The normalized spacial score (nSPS) is 31.8. The van der Waals surface area contributed by atoms with E-state index < -0.39 is 10.0 Å². The maximum absolute atomic E-state index is 10.9. The number of hydrogen-bond donors (Lipinski definition) is 2. The molecular formula is C7H15NO2S2. The minimum Gasteiger partial charge on any atom is -0.213 e. The van der Waals surface area contributed by atoms with Crippen LogP contribution in [0.5, 0.6) is 0 Å². The molecule has 1 aliphatic rings. The molecular weight excluding hydrogens is 194 g/mol. The third kappa shape index (κ3) is 3.78. The number of nitrogens with one attached hydrogen (secondary N) is 1. The zero-order chi connectivity index (χ0) is 9.19. The highest BCUT2D eigenvalue weighted by molar-refractivity contribution is 7.88. The van der Waals surface area contributed by atoms with E-state index in [1.165, 1.54) is 6.26 Å². The summed E-state index contributed by atoms with van der Waals surface area (Å²) >= 11 is 4.34. The van der Waals surface area contributed by atoms with Crippen molar-refractivity contribution in [3.8, 4) is 0 Å². The molecule has 0 atom stereocenters. The second-order valence-corrected chi connectivity index (χ2v) is 5.91. The van der Waals surface area contributed by atoms with Crippen molar-refractivity contribution in [2.24, 2.45) is 0 Å². The topological polar surface area (TPSA) is 46.2 Å². The molecule has 1 N–H and O–H groups in total. The molecule has 12 heavy (non-hydrogen) atoms. The molecule has 1 fully saturated rings. The maximum Gasteiger partial charge on any atom is 0.208 e. The molecule has 0 aromatic heterocycles. The van der Waals surface area contributed by atoms with Crippen molar-refractivity contribution >= 4 is 22.7 Å². The summed E-state index contributed by atoms with van der Waals surface area (Å²) < 4.78 is 24.3. The Bertz CT molecular complexity index is 230. The molecule has 0 aliphatic heterocycles. The Morgan fingerprint density at radius 1 is 1.25 bits per heavy atom. The van der Waals surface area contributed by atoms with Crippen LogP contribution >= 0.6 is 12.6 Å². The first-order valence-electron chi connectivity index (χ1n) is 4.13. The van der Waals surface area contributed by atoms with Gasteiger partial charge >= 0.3 is 0 Å². The summed E-state index contributed by atoms with van der Waals surface area (Å²) in [5.41, 5.74) is 0. The molecule has 0 bridgehead atoms. The van der Waals surface area contributed by atoms with Gasteiger partial charge in [0.05, 0.1) is 6.26 Å². The highest BCUT2D eigenvalue weighted by atomic mass is 32.2. The summed E-state index contributed by atoms with van der Waals surface area (Å²) in [5, 5.41) is 0.461. The average molecular weight is 209 g/mol. The van der Waals surface area contributed by atoms with Gasteiger partial charge < -0.3 is 0 Å². The van der Waals surface area contributed by atoms with Crippen molar-refractivity contribution in [3.05, 3.63) is 0 Å². The predicted molar refractivity (Wildman–Crippen MR) is 53.0 cm³/mol. The smallest absolute Gasteiger partial charge is 0.208 e. The molecule has 0 heterocycles. The van der Waals surface area contributed by atoms with E-state index in [0.717, 1.165) is 25.7 Å². The number of hydrogen-bond acceptors (Lipinski definition) is 3. The van der Waals surface area contributed by atoms with E-state index in [1.807, 2.05) is 0 Å². The first-order chi connectivity index (χ1) is 5.47. The van der Waals surface area contributed by atoms with Crippen LogP contribution in [0.15, 0.2) is 0 Å². The van der Waals surface area contributed by atoms with E-state index in [2.05, 4.69) is 17.4 Å². The van der Waals surface area contributed by atoms with Crippen LogP contribution in [-0.4, -0.2) is 26.0 Å². The molecule has 0 unspecified atom stereocenters. The second-order valence-electron chi connectivity index (χ2n) is 3.40. The highest BCUT2D eigenvalue weighted by Gasteiger charge is 2.20. The first-order valence-corrected chi connectivity index (χ1v) is 6.53. The number of sulfonamides is 1. The van der Waals surface area contributed by atoms with Gasteiger partial charge in [0, 0.05) is 11.3 Å². The van der Waals surface area contributed by atoms with E-state index in [-0.39, 0.29) is 6.04 Å². The summed E-state index contributed by atoms with van der Waals surface area (Å²) in [6.07, 6.45) is 5.06. The largest absolute Gasteiger partial charge is 0.213 e. The molecule has 0 aromatic rings. The van der Waals surface area contributed by atoms with Crippen molar-refractivity contribution in [3.63, 3.8) is 0 Å².